The van der Waals surface area contributed by atoms with Gasteiger partial charge in [0.05, 0.1) is 6.54 Å². The van der Waals surface area contributed by atoms with Gasteiger partial charge in [-0.05, 0) is 11.8 Å². The summed E-state index contributed by atoms with van der Waals surface area (Å²) in [6, 6.07) is 0. The second kappa shape index (κ2) is 1.69. The van der Waals surface area contributed by atoms with E-state index in [-0.39, 0.29) is 6.54 Å². The maximum atomic E-state index is 11.9. The molecule has 7 heavy (non-hydrogen) atoms. The van der Waals surface area contributed by atoms with Crippen LogP contribution in [0.15, 0.2) is 4.99 Å². The summed E-state index contributed by atoms with van der Waals surface area (Å²) in [6.07, 6.45) is 0. The molecule has 1 aliphatic rings. The largest absolute Gasteiger partial charge is 0.378 e. The van der Waals surface area contributed by atoms with E-state index in [1.165, 1.54) is 0 Å². The van der Waals surface area contributed by atoms with Crippen LogP contribution in [0.25, 0.3) is 0 Å². The summed E-state index contributed by atoms with van der Waals surface area (Å²) < 4.78 is 11.9. The van der Waals surface area contributed by atoms with Gasteiger partial charge in [0.1, 0.15) is 0 Å². The Hall–Kier alpha value is -0.250. The van der Waals surface area contributed by atoms with Crippen LogP contribution in [0.1, 0.15) is 0 Å². The molecule has 2 N–H and O–H groups in total. The highest BCUT2D eigenvalue weighted by atomic mass is 32.2. The monoisotopic (exact) mass is 120 g/mol. The fraction of sp³-hybridized carbons (Fsp3) is 0.667. The van der Waals surface area contributed by atoms with Gasteiger partial charge in [0.15, 0.2) is 10.7 Å². The lowest BCUT2D eigenvalue weighted by atomic mass is 10.7. The summed E-state index contributed by atoms with van der Waals surface area (Å²) in [5.41, 5.74) is 4.21. The van der Waals surface area contributed by atoms with Crippen molar-refractivity contribution in [1.29, 1.82) is 0 Å². The number of alkyl halides is 1. The standard InChI is InChI=1S/C3H5FN2S/c4-2-1-6-3(5)7-2/h2H,1H2,(H2,5,6). The highest BCUT2D eigenvalue weighted by Gasteiger charge is 2.14. The van der Waals surface area contributed by atoms with Crippen molar-refractivity contribution in [3.8, 4) is 0 Å². The second-order valence-electron chi connectivity index (χ2n) is 1.21. The van der Waals surface area contributed by atoms with Gasteiger partial charge in [-0.1, -0.05) is 0 Å². The van der Waals surface area contributed by atoms with Crippen molar-refractivity contribution in [1.82, 2.24) is 0 Å². The van der Waals surface area contributed by atoms with Gasteiger partial charge in [-0.15, -0.1) is 0 Å². The third kappa shape index (κ3) is 1.06. The first kappa shape index (κ1) is 4.90. The molecule has 0 fully saturated rings. The van der Waals surface area contributed by atoms with Gasteiger partial charge < -0.3 is 5.73 Å². The topological polar surface area (TPSA) is 38.4 Å². The van der Waals surface area contributed by atoms with E-state index < -0.39 is 5.50 Å². The minimum absolute atomic E-state index is 0.233. The Morgan fingerprint density at radius 3 is 2.86 bits per heavy atom. The summed E-state index contributed by atoms with van der Waals surface area (Å²) in [5.74, 6) is 0. The smallest absolute Gasteiger partial charge is 0.172 e. The molecule has 0 aromatic rings. The Bertz CT molecular complexity index is 103. The summed E-state index contributed by atoms with van der Waals surface area (Å²) in [7, 11) is 0. The van der Waals surface area contributed by atoms with E-state index in [9.17, 15) is 4.39 Å². The van der Waals surface area contributed by atoms with Crippen LogP contribution < -0.4 is 5.73 Å². The highest BCUT2D eigenvalue weighted by molar-refractivity contribution is 8.14. The zero-order valence-corrected chi connectivity index (χ0v) is 4.41. The first-order valence-corrected chi connectivity index (χ1v) is 2.77. The molecular formula is C3H5FN2S. The van der Waals surface area contributed by atoms with Crippen molar-refractivity contribution in [2.24, 2.45) is 10.7 Å². The second-order valence-corrected chi connectivity index (χ2v) is 2.37. The molecule has 0 bridgehead atoms. The highest BCUT2D eigenvalue weighted by Crippen LogP contribution is 2.18. The summed E-state index contributed by atoms with van der Waals surface area (Å²) >= 11 is 0.981. The Kier molecular flexibility index (Phi) is 1.19. The van der Waals surface area contributed by atoms with E-state index in [4.69, 9.17) is 5.73 Å². The maximum Gasteiger partial charge on any atom is 0.172 e. The molecule has 0 radical (unpaired) electrons. The zero-order chi connectivity index (χ0) is 5.28. The first-order chi connectivity index (χ1) is 3.29. The van der Waals surface area contributed by atoms with Gasteiger partial charge in [0.25, 0.3) is 0 Å². The Morgan fingerprint density at radius 2 is 2.71 bits per heavy atom. The van der Waals surface area contributed by atoms with Gasteiger partial charge in [0, 0.05) is 0 Å². The minimum Gasteiger partial charge on any atom is -0.378 e. The van der Waals surface area contributed by atoms with Crippen LogP contribution in [0.3, 0.4) is 0 Å². The van der Waals surface area contributed by atoms with Crippen molar-refractivity contribution >= 4 is 16.9 Å². The van der Waals surface area contributed by atoms with Crippen LogP contribution in [-0.2, 0) is 0 Å². The number of rotatable bonds is 0. The SMILES string of the molecule is NC1=NCC(F)S1. The summed E-state index contributed by atoms with van der Waals surface area (Å²) in [5, 5.41) is 0.368. The Labute approximate surface area is 45.0 Å². The molecule has 40 valence electrons. The number of nitrogens with zero attached hydrogens (tertiary/aromatic N) is 1. The summed E-state index contributed by atoms with van der Waals surface area (Å²) in [6.45, 7) is 0.233. The Balaban J connectivity index is 2.42. The van der Waals surface area contributed by atoms with E-state index in [0.29, 0.717) is 5.17 Å². The maximum absolute atomic E-state index is 11.9. The molecule has 1 rings (SSSR count). The molecule has 1 heterocycles. The lowest BCUT2D eigenvalue weighted by Gasteiger charge is -1.87. The van der Waals surface area contributed by atoms with Crippen molar-refractivity contribution in [3.63, 3.8) is 0 Å². The van der Waals surface area contributed by atoms with Crippen LogP contribution in [0.5, 0.6) is 0 Å². The molecule has 1 unspecified atom stereocenters. The molecule has 0 amide bonds. The molecule has 0 spiro atoms. The molecule has 2 nitrogen and oxygen atoms in total. The van der Waals surface area contributed by atoms with Gasteiger partial charge in [-0.25, -0.2) is 4.39 Å². The molecule has 0 saturated heterocycles. The van der Waals surface area contributed by atoms with Crippen molar-refractivity contribution in [3.05, 3.63) is 0 Å². The predicted octanol–water partition coefficient (Wildman–Crippen LogP) is 0.343. The third-order valence-corrected chi connectivity index (χ3v) is 1.41. The number of thioether (sulfide) groups is 1. The van der Waals surface area contributed by atoms with Crippen molar-refractivity contribution < 1.29 is 4.39 Å². The fourth-order valence-corrected chi connectivity index (χ4v) is 0.927. The van der Waals surface area contributed by atoms with Crippen LogP contribution in [-0.4, -0.2) is 17.2 Å². The van der Waals surface area contributed by atoms with Crippen LogP contribution in [0.2, 0.25) is 0 Å². The minimum atomic E-state index is -0.889. The molecule has 0 aliphatic carbocycles. The number of aliphatic imine (C=N–C) groups is 1. The lowest BCUT2D eigenvalue weighted by Crippen LogP contribution is -2.02. The average molecular weight is 120 g/mol. The molecule has 4 heteroatoms. The van der Waals surface area contributed by atoms with Gasteiger partial charge in [-0.2, -0.15) is 0 Å². The average Bonchev–Trinajstić information content (AvgIpc) is 1.87. The zero-order valence-electron chi connectivity index (χ0n) is 3.60. The van der Waals surface area contributed by atoms with Crippen LogP contribution in [0.4, 0.5) is 4.39 Å². The normalized spacial score (nSPS) is 30.4. The lowest BCUT2D eigenvalue weighted by molar-refractivity contribution is 0.467. The molecular weight excluding hydrogens is 115 g/mol. The van der Waals surface area contributed by atoms with E-state index >= 15 is 0 Å². The molecule has 0 saturated carbocycles. The molecule has 1 atom stereocenters. The van der Waals surface area contributed by atoms with E-state index in [2.05, 4.69) is 4.99 Å². The summed E-state index contributed by atoms with van der Waals surface area (Å²) in [4.78, 5) is 3.60. The first-order valence-electron chi connectivity index (χ1n) is 1.89. The number of amidine groups is 1. The number of nitrogens with two attached hydrogens (primary N) is 1. The molecule has 0 aromatic carbocycles. The van der Waals surface area contributed by atoms with Gasteiger partial charge in [0.2, 0.25) is 0 Å². The van der Waals surface area contributed by atoms with Crippen molar-refractivity contribution in [2.75, 3.05) is 6.54 Å². The van der Waals surface area contributed by atoms with Crippen LogP contribution in [0, 0.1) is 0 Å². The van der Waals surface area contributed by atoms with Gasteiger partial charge in [-0.3, -0.25) is 4.99 Å². The predicted molar refractivity (Wildman–Crippen MR) is 29.0 cm³/mol. The van der Waals surface area contributed by atoms with E-state index in [1.54, 1.807) is 0 Å². The van der Waals surface area contributed by atoms with E-state index in [0.717, 1.165) is 11.8 Å². The Morgan fingerprint density at radius 1 is 2.00 bits per heavy atom. The number of hydrogen-bond donors (Lipinski definition) is 1. The quantitative estimate of drug-likeness (QED) is 0.500. The number of hydrogen-bond acceptors (Lipinski definition) is 3. The molecule has 1 aliphatic heterocycles. The van der Waals surface area contributed by atoms with Crippen LogP contribution >= 0.6 is 11.8 Å². The van der Waals surface area contributed by atoms with Gasteiger partial charge >= 0.3 is 0 Å². The fourth-order valence-electron chi connectivity index (χ4n) is 0.367. The number of halogens is 1. The third-order valence-electron chi connectivity index (χ3n) is 0.639. The van der Waals surface area contributed by atoms with E-state index in [1.807, 2.05) is 0 Å². The molecule has 0 aromatic heterocycles. The van der Waals surface area contributed by atoms with Crippen molar-refractivity contribution in [2.45, 2.75) is 5.50 Å².